The second-order valence-corrected chi connectivity index (χ2v) is 7.69. The number of aliphatic imine (C=N–C) groups is 1. The van der Waals surface area contributed by atoms with Gasteiger partial charge in [-0.3, -0.25) is 4.99 Å². The normalized spacial score (nSPS) is 16.1. The number of nitrogens with one attached hydrogen (secondary N) is 1. The van der Waals surface area contributed by atoms with Gasteiger partial charge in [0.15, 0.2) is 5.96 Å². The smallest absolute Gasteiger partial charge is 0.193 e. The van der Waals surface area contributed by atoms with Gasteiger partial charge in [0, 0.05) is 38.8 Å². The molecule has 0 unspecified atom stereocenters. The van der Waals surface area contributed by atoms with E-state index in [4.69, 9.17) is 9.73 Å². The average molecular weight is 473 g/mol. The highest BCUT2D eigenvalue weighted by Gasteiger charge is 2.21. The van der Waals surface area contributed by atoms with Gasteiger partial charge < -0.3 is 15.0 Å². The van der Waals surface area contributed by atoms with Gasteiger partial charge in [-0.1, -0.05) is 44.2 Å². The van der Waals surface area contributed by atoms with Gasteiger partial charge in [0.25, 0.3) is 0 Å². The largest absolute Gasteiger partial charge is 0.381 e. The van der Waals surface area contributed by atoms with E-state index in [0.717, 1.165) is 44.7 Å². The van der Waals surface area contributed by atoms with Gasteiger partial charge in [-0.2, -0.15) is 0 Å². The van der Waals surface area contributed by atoms with Gasteiger partial charge in [0.05, 0.1) is 6.54 Å². The summed E-state index contributed by atoms with van der Waals surface area (Å²) in [6.45, 7) is 11.2. The van der Waals surface area contributed by atoms with Crippen LogP contribution in [-0.4, -0.2) is 50.8 Å². The van der Waals surface area contributed by atoms with Crippen LogP contribution >= 0.6 is 24.0 Å². The number of hydrogen-bond donors (Lipinski definition) is 1. The number of benzene rings is 1. The molecule has 1 aromatic rings. The summed E-state index contributed by atoms with van der Waals surface area (Å²) in [5.41, 5.74) is 1.36. The van der Waals surface area contributed by atoms with Crippen molar-refractivity contribution in [2.45, 2.75) is 45.4 Å². The minimum Gasteiger partial charge on any atom is -0.381 e. The van der Waals surface area contributed by atoms with Gasteiger partial charge in [-0.15, -0.1) is 24.0 Å². The van der Waals surface area contributed by atoms with Crippen LogP contribution in [0.4, 0.5) is 0 Å². The number of hydrogen-bond acceptors (Lipinski definition) is 2. The molecule has 26 heavy (non-hydrogen) atoms. The number of halogens is 1. The molecule has 148 valence electrons. The molecule has 4 nitrogen and oxygen atoms in total. The summed E-state index contributed by atoms with van der Waals surface area (Å²) in [7, 11) is 2.15. The highest BCUT2D eigenvalue weighted by atomic mass is 127. The van der Waals surface area contributed by atoms with Crippen molar-refractivity contribution in [1.82, 2.24) is 10.2 Å². The summed E-state index contributed by atoms with van der Waals surface area (Å²) >= 11 is 0. The molecule has 0 bridgehead atoms. The summed E-state index contributed by atoms with van der Waals surface area (Å²) in [5.74, 6) is 1.80. The molecule has 5 heteroatoms. The first-order chi connectivity index (χ1) is 12.0. The molecule has 0 atom stereocenters. The van der Waals surface area contributed by atoms with Crippen molar-refractivity contribution in [3.8, 4) is 0 Å². The predicted octanol–water partition coefficient (Wildman–Crippen LogP) is 4.30. The van der Waals surface area contributed by atoms with Crippen molar-refractivity contribution in [1.29, 1.82) is 0 Å². The molecule has 1 N–H and O–H groups in total. The van der Waals surface area contributed by atoms with Crippen molar-refractivity contribution in [2.24, 2.45) is 10.9 Å². The second kappa shape index (κ2) is 11.8. The van der Waals surface area contributed by atoms with E-state index in [1.165, 1.54) is 24.8 Å². The minimum absolute atomic E-state index is 0. The van der Waals surface area contributed by atoms with Crippen LogP contribution < -0.4 is 5.32 Å². The van der Waals surface area contributed by atoms with E-state index < -0.39 is 0 Å². The summed E-state index contributed by atoms with van der Waals surface area (Å²) in [5, 5.41) is 3.45. The topological polar surface area (TPSA) is 36.9 Å². The fourth-order valence-electron chi connectivity index (χ4n) is 3.24. The lowest BCUT2D eigenvalue weighted by Crippen LogP contribution is -2.41. The van der Waals surface area contributed by atoms with Crippen LogP contribution in [0.3, 0.4) is 0 Å². The van der Waals surface area contributed by atoms with Crippen molar-refractivity contribution in [2.75, 3.05) is 39.9 Å². The highest BCUT2D eigenvalue weighted by molar-refractivity contribution is 14.0. The summed E-state index contributed by atoms with van der Waals surface area (Å²) in [6.07, 6.45) is 3.61. The fourth-order valence-corrected chi connectivity index (χ4v) is 3.24. The van der Waals surface area contributed by atoms with Crippen molar-refractivity contribution in [3.05, 3.63) is 35.9 Å². The summed E-state index contributed by atoms with van der Waals surface area (Å²) in [4.78, 5) is 7.21. The van der Waals surface area contributed by atoms with Crippen LogP contribution in [-0.2, 0) is 10.2 Å². The van der Waals surface area contributed by atoms with Crippen LogP contribution in [0.1, 0.15) is 45.6 Å². The first-order valence-corrected chi connectivity index (χ1v) is 9.65. The zero-order valence-corrected chi connectivity index (χ0v) is 19.2. The quantitative estimate of drug-likeness (QED) is 0.365. The lowest BCUT2D eigenvalue weighted by Gasteiger charge is -2.28. The van der Waals surface area contributed by atoms with Gasteiger partial charge in [0.2, 0.25) is 0 Å². The maximum Gasteiger partial charge on any atom is 0.193 e. The van der Waals surface area contributed by atoms with Gasteiger partial charge in [0.1, 0.15) is 0 Å². The Balaban J connectivity index is 0.00000338. The molecule has 0 amide bonds. The highest BCUT2D eigenvalue weighted by Crippen LogP contribution is 2.23. The zero-order valence-electron chi connectivity index (χ0n) is 16.8. The van der Waals surface area contributed by atoms with E-state index in [0.29, 0.717) is 0 Å². The zero-order chi connectivity index (χ0) is 18.1. The van der Waals surface area contributed by atoms with E-state index in [-0.39, 0.29) is 29.4 Å². The minimum atomic E-state index is 0. The Morgan fingerprint density at radius 2 is 1.88 bits per heavy atom. The summed E-state index contributed by atoms with van der Waals surface area (Å²) in [6, 6.07) is 10.7. The Hall–Kier alpha value is -0.820. The Bertz CT molecular complexity index is 527. The molecule has 1 aliphatic rings. The van der Waals surface area contributed by atoms with Gasteiger partial charge in [-0.05, 0) is 37.7 Å². The molecule has 0 aromatic heterocycles. The number of nitrogens with zero attached hydrogens (tertiary/aromatic N) is 2. The van der Waals surface area contributed by atoms with E-state index in [1.807, 2.05) is 0 Å². The third-order valence-electron chi connectivity index (χ3n) is 5.09. The molecule has 1 aliphatic heterocycles. The van der Waals surface area contributed by atoms with Crippen molar-refractivity contribution < 1.29 is 4.74 Å². The number of guanidine groups is 1. The van der Waals surface area contributed by atoms with Gasteiger partial charge >= 0.3 is 0 Å². The number of ether oxygens (including phenoxy) is 1. The van der Waals surface area contributed by atoms with Gasteiger partial charge in [-0.25, -0.2) is 0 Å². The average Bonchev–Trinajstić information content (AvgIpc) is 2.64. The lowest BCUT2D eigenvalue weighted by molar-refractivity contribution is 0.0625. The van der Waals surface area contributed by atoms with Crippen LogP contribution in [0, 0.1) is 5.92 Å². The third kappa shape index (κ3) is 7.43. The Morgan fingerprint density at radius 3 is 2.50 bits per heavy atom. The molecule has 2 rings (SSSR count). The molecule has 0 aliphatic carbocycles. The molecule has 1 saturated heterocycles. The molecule has 0 saturated carbocycles. The van der Waals surface area contributed by atoms with E-state index >= 15 is 0 Å². The van der Waals surface area contributed by atoms with Crippen molar-refractivity contribution >= 4 is 29.9 Å². The van der Waals surface area contributed by atoms with E-state index in [1.54, 1.807) is 0 Å². The van der Waals surface area contributed by atoms with Crippen LogP contribution in [0.2, 0.25) is 0 Å². The van der Waals surface area contributed by atoms with E-state index in [9.17, 15) is 0 Å². The first kappa shape index (κ1) is 23.2. The van der Waals surface area contributed by atoms with Crippen molar-refractivity contribution in [3.63, 3.8) is 0 Å². The second-order valence-electron chi connectivity index (χ2n) is 7.69. The maximum atomic E-state index is 5.46. The third-order valence-corrected chi connectivity index (χ3v) is 5.09. The first-order valence-electron chi connectivity index (χ1n) is 9.65. The Labute approximate surface area is 176 Å². The molecule has 1 heterocycles. The van der Waals surface area contributed by atoms with Crippen LogP contribution in [0.5, 0.6) is 0 Å². The predicted molar refractivity (Wildman–Crippen MR) is 122 cm³/mol. The van der Waals surface area contributed by atoms with Crippen LogP contribution in [0.15, 0.2) is 35.3 Å². The fraction of sp³-hybridized carbons (Fsp3) is 0.667. The lowest BCUT2D eigenvalue weighted by atomic mass is 9.85. The molecule has 0 radical (unpaired) electrons. The number of rotatable bonds is 7. The monoisotopic (exact) mass is 473 g/mol. The SMILES string of the molecule is CCNC(=NCC(C)(C)c1ccccc1)N(C)CCC1CCOCC1.I. The molecular formula is C21H36IN3O. The molecular weight excluding hydrogens is 437 g/mol. The Kier molecular flexibility index (Phi) is 10.5. The molecule has 1 aromatic carbocycles. The van der Waals surface area contributed by atoms with E-state index in [2.05, 4.69) is 68.4 Å². The molecule has 0 spiro atoms. The van der Waals surface area contributed by atoms with Crippen LogP contribution in [0.25, 0.3) is 0 Å². The summed E-state index contributed by atoms with van der Waals surface area (Å²) < 4.78 is 5.46. The standard InChI is InChI=1S/C21H35N3O.HI/c1-5-22-20(24(4)14-11-18-12-15-25-16-13-18)23-17-21(2,3)19-9-7-6-8-10-19;/h6-10,18H,5,11-17H2,1-4H3,(H,22,23);1H. The maximum absolute atomic E-state index is 5.46. The Morgan fingerprint density at radius 1 is 1.23 bits per heavy atom. The molecule has 1 fully saturated rings.